The van der Waals surface area contributed by atoms with E-state index in [0.29, 0.717) is 0 Å². The van der Waals surface area contributed by atoms with Gasteiger partial charge in [0.05, 0.1) is 0 Å². The molecule has 2 rings (SSSR count). The first-order chi connectivity index (χ1) is 9.05. The summed E-state index contributed by atoms with van der Waals surface area (Å²) in [5.41, 5.74) is -1.55. The average molecular weight is 266 g/mol. The van der Waals surface area contributed by atoms with E-state index in [1.54, 1.807) is 0 Å². The fourth-order valence-corrected chi connectivity index (χ4v) is 1.96. The molecule has 7 nitrogen and oxygen atoms in total. The molecule has 0 unspecified atom stereocenters. The number of carboxylic acid groups (broad SMARTS) is 1. The Hall–Kier alpha value is -2.15. The first-order valence-electron chi connectivity index (χ1n) is 5.83. The van der Waals surface area contributed by atoms with Crippen LogP contribution in [0, 0.1) is 0 Å². The van der Waals surface area contributed by atoms with Gasteiger partial charge in [-0.1, -0.05) is 0 Å². The molecule has 0 bridgehead atoms. The van der Waals surface area contributed by atoms with Gasteiger partial charge in [-0.2, -0.15) is 0 Å². The van der Waals surface area contributed by atoms with E-state index >= 15 is 0 Å². The van der Waals surface area contributed by atoms with E-state index in [2.05, 4.69) is 10.3 Å². The Labute approximate surface area is 109 Å². The molecule has 3 N–H and O–H groups in total. The predicted molar refractivity (Wildman–Crippen MR) is 63.8 cm³/mol. The van der Waals surface area contributed by atoms with Gasteiger partial charge in [0.2, 0.25) is 0 Å². The van der Waals surface area contributed by atoms with Crippen LogP contribution in [0.3, 0.4) is 0 Å². The molecule has 0 aromatic carbocycles. The zero-order valence-corrected chi connectivity index (χ0v) is 10.1. The third-order valence-corrected chi connectivity index (χ3v) is 3.11. The number of nitrogens with one attached hydrogen (secondary N) is 1. The summed E-state index contributed by atoms with van der Waals surface area (Å²) in [6.45, 7) is 0.529. The van der Waals surface area contributed by atoms with Gasteiger partial charge < -0.3 is 20.3 Å². The Kier molecular flexibility index (Phi) is 3.66. The van der Waals surface area contributed by atoms with E-state index < -0.39 is 17.4 Å². The second-order valence-corrected chi connectivity index (χ2v) is 4.32. The molecule has 1 amide bonds. The highest BCUT2D eigenvalue weighted by Crippen LogP contribution is 2.22. The Morgan fingerprint density at radius 2 is 2.05 bits per heavy atom. The summed E-state index contributed by atoms with van der Waals surface area (Å²) in [5, 5.41) is 21.3. The van der Waals surface area contributed by atoms with Crippen LogP contribution >= 0.6 is 0 Å². The van der Waals surface area contributed by atoms with Crippen molar-refractivity contribution < 1.29 is 24.5 Å². The fraction of sp³-hybridized carbons (Fsp3) is 0.417. The van der Waals surface area contributed by atoms with Gasteiger partial charge in [0, 0.05) is 32.3 Å². The van der Waals surface area contributed by atoms with E-state index in [9.17, 15) is 19.8 Å². The molecule has 19 heavy (non-hydrogen) atoms. The summed E-state index contributed by atoms with van der Waals surface area (Å²) in [6, 6.07) is 2.80. The third kappa shape index (κ3) is 2.65. The SMILES string of the molecule is O=C(NC1(C(=O)O)CCOCC1)c1ncccc1O. The van der Waals surface area contributed by atoms with Crippen molar-refractivity contribution in [2.24, 2.45) is 0 Å². The minimum absolute atomic E-state index is 0.182. The number of carbonyl (C=O) groups excluding carboxylic acids is 1. The van der Waals surface area contributed by atoms with Gasteiger partial charge in [0.25, 0.3) is 5.91 Å². The second-order valence-electron chi connectivity index (χ2n) is 4.32. The summed E-state index contributed by atoms with van der Waals surface area (Å²) in [5.74, 6) is -2.10. The van der Waals surface area contributed by atoms with Gasteiger partial charge in [-0.25, -0.2) is 9.78 Å². The number of ether oxygens (including phenoxy) is 1. The molecule has 1 aliphatic rings. The van der Waals surface area contributed by atoms with Crippen LogP contribution < -0.4 is 5.32 Å². The summed E-state index contributed by atoms with van der Waals surface area (Å²) in [4.78, 5) is 27.1. The molecular formula is C12H14N2O5. The maximum Gasteiger partial charge on any atom is 0.329 e. The number of rotatable bonds is 3. The first kappa shape index (κ1) is 13.3. The number of carbonyl (C=O) groups is 2. The number of aromatic hydroxyl groups is 1. The number of aliphatic carboxylic acids is 1. The van der Waals surface area contributed by atoms with Crippen LogP contribution in [0.15, 0.2) is 18.3 Å². The largest absolute Gasteiger partial charge is 0.505 e. The number of hydrogen-bond donors (Lipinski definition) is 3. The summed E-state index contributed by atoms with van der Waals surface area (Å²) < 4.78 is 5.11. The van der Waals surface area contributed by atoms with Crippen molar-refractivity contribution in [1.82, 2.24) is 10.3 Å². The van der Waals surface area contributed by atoms with Crippen LogP contribution in [0.2, 0.25) is 0 Å². The first-order valence-corrected chi connectivity index (χ1v) is 5.83. The maximum atomic E-state index is 12.0. The van der Waals surface area contributed by atoms with Crippen molar-refractivity contribution in [3.05, 3.63) is 24.0 Å². The van der Waals surface area contributed by atoms with E-state index in [1.165, 1.54) is 18.3 Å². The van der Waals surface area contributed by atoms with Crippen molar-refractivity contribution in [1.29, 1.82) is 0 Å². The lowest BCUT2D eigenvalue weighted by Gasteiger charge is -2.33. The summed E-state index contributed by atoms with van der Waals surface area (Å²) >= 11 is 0. The van der Waals surface area contributed by atoms with E-state index in [4.69, 9.17) is 4.74 Å². The Balaban J connectivity index is 2.20. The number of hydrogen-bond acceptors (Lipinski definition) is 5. The van der Waals surface area contributed by atoms with Crippen LogP contribution in [-0.4, -0.2) is 45.8 Å². The van der Waals surface area contributed by atoms with Crippen LogP contribution in [0.5, 0.6) is 5.75 Å². The molecule has 0 saturated carbocycles. The van der Waals surface area contributed by atoms with Crippen LogP contribution in [0.4, 0.5) is 0 Å². The quantitative estimate of drug-likeness (QED) is 0.718. The lowest BCUT2D eigenvalue weighted by molar-refractivity contribution is -0.148. The highest BCUT2D eigenvalue weighted by atomic mass is 16.5. The number of pyridine rings is 1. The number of nitrogens with zero attached hydrogens (tertiary/aromatic N) is 1. The van der Waals surface area contributed by atoms with Crippen molar-refractivity contribution in [2.45, 2.75) is 18.4 Å². The van der Waals surface area contributed by atoms with Crippen LogP contribution in [-0.2, 0) is 9.53 Å². The zero-order valence-electron chi connectivity index (χ0n) is 10.1. The molecule has 7 heteroatoms. The molecule has 1 saturated heterocycles. The zero-order chi connectivity index (χ0) is 13.9. The van der Waals surface area contributed by atoms with Crippen molar-refractivity contribution in [2.75, 3.05) is 13.2 Å². The second kappa shape index (κ2) is 5.23. The van der Waals surface area contributed by atoms with Gasteiger partial charge in [-0.3, -0.25) is 4.79 Å². The molecule has 0 aliphatic carbocycles. The van der Waals surface area contributed by atoms with Crippen LogP contribution in [0.1, 0.15) is 23.3 Å². The van der Waals surface area contributed by atoms with Crippen molar-refractivity contribution in [3.8, 4) is 5.75 Å². The number of aromatic nitrogens is 1. The molecule has 1 aromatic rings. The predicted octanol–water partition coefficient (Wildman–Crippen LogP) is 0.151. The average Bonchev–Trinajstić information content (AvgIpc) is 2.40. The standard InChI is InChI=1S/C12H14N2O5/c15-8-2-1-5-13-9(8)10(16)14-12(11(17)18)3-6-19-7-4-12/h1-2,5,15H,3-4,6-7H2,(H,14,16)(H,17,18). The molecule has 0 atom stereocenters. The minimum Gasteiger partial charge on any atom is -0.505 e. The molecule has 1 aromatic heterocycles. The number of amides is 1. The minimum atomic E-state index is -1.36. The van der Waals surface area contributed by atoms with Gasteiger partial charge >= 0.3 is 5.97 Å². The highest BCUT2D eigenvalue weighted by Gasteiger charge is 2.42. The topological polar surface area (TPSA) is 109 Å². The van der Waals surface area contributed by atoms with Crippen molar-refractivity contribution >= 4 is 11.9 Å². The molecule has 1 aliphatic heterocycles. The van der Waals surface area contributed by atoms with Gasteiger partial charge in [0.15, 0.2) is 5.69 Å². The molecule has 102 valence electrons. The lowest BCUT2D eigenvalue weighted by atomic mass is 9.90. The normalized spacial score (nSPS) is 17.7. The fourth-order valence-electron chi connectivity index (χ4n) is 1.96. The van der Waals surface area contributed by atoms with E-state index in [-0.39, 0.29) is 37.5 Å². The Bertz CT molecular complexity index is 497. The van der Waals surface area contributed by atoms with Gasteiger partial charge in [-0.15, -0.1) is 0 Å². The summed E-state index contributed by atoms with van der Waals surface area (Å²) in [6.07, 6.45) is 1.72. The van der Waals surface area contributed by atoms with E-state index in [0.717, 1.165) is 0 Å². The summed E-state index contributed by atoms with van der Waals surface area (Å²) in [7, 11) is 0. The number of carboxylic acids is 1. The van der Waals surface area contributed by atoms with Gasteiger partial charge in [0.1, 0.15) is 11.3 Å². The van der Waals surface area contributed by atoms with E-state index in [1.807, 2.05) is 0 Å². The monoisotopic (exact) mass is 266 g/mol. The smallest absolute Gasteiger partial charge is 0.329 e. The highest BCUT2D eigenvalue weighted by molar-refractivity contribution is 5.98. The molecule has 0 spiro atoms. The third-order valence-electron chi connectivity index (χ3n) is 3.11. The molecular weight excluding hydrogens is 252 g/mol. The Morgan fingerprint density at radius 3 is 2.63 bits per heavy atom. The molecule has 2 heterocycles. The maximum absolute atomic E-state index is 12.0. The Morgan fingerprint density at radius 1 is 1.37 bits per heavy atom. The molecule has 1 fully saturated rings. The molecule has 0 radical (unpaired) electrons. The van der Waals surface area contributed by atoms with Crippen LogP contribution in [0.25, 0.3) is 0 Å². The van der Waals surface area contributed by atoms with Crippen molar-refractivity contribution in [3.63, 3.8) is 0 Å². The van der Waals surface area contributed by atoms with Gasteiger partial charge in [-0.05, 0) is 12.1 Å². The lowest BCUT2D eigenvalue weighted by Crippen LogP contribution is -2.57.